The zero-order chi connectivity index (χ0) is 8.55. The van der Waals surface area contributed by atoms with Gasteiger partial charge in [0.25, 0.3) is 0 Å². The van der Waals surface area contributed by atoms with Crippen molar-refractivity contribution in [2.75, 3.05) is 5.73 Å². The van der Waals surface area contributed by atoms with Crippen molar-refractivity contribution in [1.82, 2.24) is 5.32 Å². The molecule has 0 fully saturated rings. The molecule has 12 heavy (non-hydrogen) atoms. The number of nitrogens with one attached hydrogen (secondary N) is 1. The SMILES string of the molecule is C=C1NC=Cc2cc(N)ccc21. The van der Waals surface area contributed by atoms with Crippen molar-refractivity contribution in [2.24, 2.45) is 0 Å². The molecule has 2 rings (SSSR count). The Balaban J connectivity index is 2.62. The van der Waals surface area contributed by atoms with Crippen LogP contribution in [0.4, 0.5) is 5.69 Å². The van der Waals surface area contributed by atoms with Gasteiger partial charge in [0.1, 0.15) is 0 Å². The lowest BCUT2D eigenvalue weighted by Gasteiger charge is -2.14. The Morgan fingerprint density at radius 2 is 2.17 bits per heavy atom. The summed E-state index contributed by atoms with van der Waals surface area (Å²) in [7, 11) is 0. The number of rotatable bonds is 0. The number of hydrogen-bond donors (Lipinski definition) is 2. The van der Waals surface area contributed by atoms with Gasteiger partial charge in [-0.05, 0) is 23.8 Å². The van der Waals surface area contributed by atoms with Gasteiger partial charge in [0.15, 0.2) is 0 Å². The zero-order valence-electron chi connectivity index (χ0n) is 6.67. The molecule has 0 spiro atoms. The van der Waals surface area contributed by atoms with E-state index >= 15 is 0 Å². The van der Waals surface area contributed by atoms with Crippen molar-refractivity contribution in [3.05, 3.63) is 42.1 Å². The molecule has 0 radical (unpaired) electrons. The Labute approximate surface area is 71.4 Å². The van der Waals surface area contributed by atoms with E-state index in [-0.39, 0.29) is 0 Å². The minimum Gasteiger partial charge on any atom is -0.399 e. The van der Waals surface area contributed by atoms with Gasteiger partial charge >= 0.3 is 0 Å². The first-order chi connectivity index (χ1) is 5.77. The van der Waals surface area contributed by atoms with E-state index in [0.717, 1.165) is 22.5 Å². The molecule has 2 heteroatoms. The van der Waals surface area contributed by atoms with Gasteiger partial charge in [-0.1, -0.05) is 12.6 Å². The molecule has 0 bridgehead atoms. The molecule has 0 aromatic heterocycles. The Kier molecular flexibility index (Phi) is 1.40. The summed E-state index contributed by atoms with van der Waals surface area (Å²) in [5.41, 5.74) is 9.59. The summed E-state index contributed by atoms with van der Waals surface area (Å²) in [6.07, 6.45) is 3.85. The van der Waals surface area contributed by atoms with E-state index in [1.807, 2.05) is 30.5 Å². The average Bonchev–Trinajstić information content (AvgIpc) is 2.04. The predicted molar refractivity (Wildman–Crippen MR) is 52.1 cm³/mol. The lowest BCUT2D eigenvalue weighted by atomic mass is 10.0. The van der Waals surface area contributed by atoms with Crippen LogP contribution in [0.1, 0.15) is 11.1 Å². The first-order valence-corrected chi connectivity index (χ1v) is 3.79. The highest BCUT2D eigenvalue weighted by atomic mass is 14.9. The highest BCUT2D eigenvalue weighted by molar-refractivity contribution is 5.78. The standard InChI is InChI=1S/C10H10N2/c1-7-10-3-2-9(11)6-8(10)4-5-12-7/h2-6,12H,1,11H2. The molecule has 1 heterocycles. The van der Waals surface area contributed by atoms with Gasteiger partial charge in [0.2, 0.25) is 0 Å². The molecule has 2 nitrogen and oxygen atoms in total. The fourth-order valence-corrected chi connectivity index (χ4v) is 1.30. The van der Waals surface area contributed by atoms with Crippen LogP contribution in [0.5, 0.6) is 0 Å². The zero-order valence-corrected chi connectivity index (χ0v) is 6.67. The number of anilines is 1. The summed E-state index contributed by atoms with van der Waals surface area (Å²) in [6, 6.07) is 5.80. The Morgan fingerprint density at radius 1 is 1.33 bits per heavy atom. The maximum absolute atomic E-state index is 5.64. The van der Waals surface area contributed by atoms with Gasteiger partial charge in [-0.25, -0.2) is 0 Å². The quantitative estimate of drug-likeness (QED) is 0.565. The van der Waals surface area contributed by atoms with Crippen LogP contribution in [-0.2, 0) is 0 Å². The summed E-state index contributed by atoms with van der Waals surface area (Å²) in [6.45, 7) is 3.88. The van der Waals surface area contributed by atoms with Crippen LogP contribution in [0.2, 0.25) is 0 Å². The second kappa shape index (κ2) is 2.41. The molecular weight excluding hydrogens is 148 g/mol. The molecule has 0 atom stereocenters. The van der Waals surface area contributed by atoms with Gasteiger partial charge in [-0.15, -0.1) is 0 Å². The van der Waals surface area contributed by atoms with E-state index in [0.29, 0.717) is 0 Å². The van der Waals surface area contributed by atoms with Crippen LogP contribution < -0.4 is 11.1 Å². The highest BCUT2D eigenvalue weighted by Gasteiger charge is 2.06. The van der Waals surface area contributed by atoms with Crippen molar-refractivity contribution in [3.8, 4) is 0 Å². The highest BCUT2D eigenvalue weighted by Crippen LogP contribution is 2.22. The third kappa shape index (κ3) is 0.975. The predicted octanol–water partition coefficient (Wildman–Crippen LogP) is 1.81. The summed E-state index contributed by atoms with van der Waals surface area (Å²) >= 11 is 0. The van der Waals surface area contributed by atoms with E-state index in [1.54, 1.807) is 0 Å². The van der Waals surface area contributed by atoms with Gasteiger partial charge < -0.3 is 11.1 Å². The maximum atomic E-state index is 5.64. The molecular formula is C10H10N2. The minimum absolute atomic E-state index is 0.785. The number of benzene rings is 1. The van der Waals surface area contributed by atoms with Crippen LogP contribution in [0.25, 0.3) is 11.8 Å². The van der Waals surface area contributed by atoms with E-state index in [9.17, 15) is 0 Å². The monoisotopic (exact) mass is 158 g/mol. The number of nitrogen functional groups attached to an aromatic ring is 1. The lowest BCUT2D eigenvalue weighted by Crippen LogP contribution is -2.08. The van der Waals surface area contributed by atoms with E-state index in [4.69, 9.17) is 5.73 Å². The van der Waals surface area contributed by atoms with Gasteiger partial charge in [-0.2, -0.15) is 0 Å². The molecule has 1 aliphatic heterocycles. The molecule has 0 unspecified atom stereocenters. The second-order valence-electron chi connectivity index (χ2n) is 2.80. The van der Waals surface area contributed by atoms with Crippen molar-refractivity contribution in [2.45, 2.75) is 0 Å². The maximum Gasteiger partial charge on any atom is 0.0386 e. The molecule has 3 N–H and O–H groups in total. The summed E-state index contributed by atoms with van der Waals surface area (Å²) in [5.74, 6) is 0. The third-order valence-corrected chi connectivity index (χ3v) is 1.92. The van der Waals surface area contributed by atoms with Crippen LogP contribution in [0.3, 0.4) is 0 Å². The van der Waals surface area contributed by atoms with Crippen LogP contribution in [0, 0.1) is 0 Å². The first kappa shape index (κ1) is 6.98. The normalized spacial score (nSPS) is 13.8. The Bertz CT molecular complexity index is 364. The molecule has 0 saturated heterocycles. The van der Waals surface area contributed by atoms with Crippen molar-refractivity contribution < 1.29 is 0 Å². The topological polar surface area (TPSA) is 38.0 Å². The molecule has 1 aliphatic rings. The number of nitrogens with two attached hydrogens (primary N) is 1. The third-order valence-electron chi connectivity index (χ3n) is 1.92. The molecule has 0 amide bonds. The van der Waals surface area contributed by atoms with E-state index in [2.05, 4.69) is 11.9 Å². The van der Waals surface area contributed by atoms with Gasteiger partial charge in [0.05, 0.1) is 0 Å². The number of fused-ring (bicyclic) bond motifs is 1. The van der Waals surface area contributed by atoms with Crippen molar-refractivity contribution in [1.29, 1.82) is 0 Å². The van der Waals surface area contributed by atoms with E-state index < -0.39 is 0 Å². The largest absolute Gasteiger partial charge is 0.399 e. The van der Waals surface area contributed by atoms with Crippen molar-refractivity contribution in [3.63, 3.8) is 0 Å². The average molecular weight is 158 g/mol. The Morgan fingerprint density at radius 3 is 3.00 bits per heavy atom. The second-order valence-corrected chi connectivity index (χ2v) is 2.80. The fraction of sp³-hybridized carbons (Fsp3) is 0. The summed E-state index contributed by atoms with van der Waals surface area (Å²) < 4.78 is 0. The smallest absolute Gasteiger partial charge is 0.0386 e. The Hall–Kier alpha value is -1.70. The number of hydrogen-bond acceptors (Lipinski definition) is 2. The minimum atomic E-state index is 0.785. The van der Waals surface area contributed by atoms with Gasteiger partial charge in [-0.3, -0.25) is 0 Å². The molecule has 1 aromatic carbocycles. The summed E-state index contributed by atoms with van der Waals surface area (Å²) in [4.78, 5) is 0. The lowest BCUT2D eigenvalue weighted by molar-refractivity contribution is 1.21. The molecule has 0 aliphatic carbocycles. The van der Waals surface area contributed by atoms with Gasteiger partial charge in [0, 0.05) is 23.1 Å². The van der Waals surface area contributed by atoms with Crippen LogP contribution in [0.15, 0.2) is 31.0 Å². The van der Waals surface area contributed by atoms with Crippen LogP contribution in [-0.4, -0.2) is 0 Å². The molecule has 60 valence electrons. The molecule has 0 saturated carbocycles. The fourth-order valence-electron chi connectivity index (χ4n) is 1.30. The first-order valence-electron chi connectivity index (χ1n) is 3.79. The van der Waals surface area contributed by atoms with E-state index in [1.165, 1.54) is 0 Å². The van der Waals surface area contributed by atoms with Crippen molar-refractivity contribution >= 4 is 17.5 Å². The molecule has 1 aromatic rings. The summed E-state index contributed by atoms with van der Waals surface area (Å²) in [5, 5.41) is 3.04. The van der Waals surface area contributed by atoms with Crippen LogP contribution >= 0.6 is 0 Å².